The number of thiazole rings is 1. The molecule has 1 amide bonds. The lowest BCUT2D eigenvalue weighted by Crippen LogP contribution is -2.12. The van der Waals surface area contributed by atoms with Crippen molar-refractivity contribution in [1.29, 1.82) is 0 Å². The van der Waals surface area contributed by atoms with Crippen LogP contribution in [0.25, 0.3) is 0 Å². The minimum Gasteiger partial charge on any atom is -0.375 e. The number of rotatable bonds is 2. The van der Waals surface area contributed by atoms with Crippen LogP contribution in [0.3, 0.4) is 0 Å². The van der Waals surface area contributed by atoms with Gasteiger partial charge in [0.25, 0.3) is 5.91 Å². The lowest BCUT2D eigenvalue weighted by atomic mass is 10.4. The van der Waals surface area contributed by atoms with Gasteiger partial charge >= 0.3 is 0 Å². The maximum absolute atomic E-state index is 11.7. The number of anilines is 2. The molecule has 0 spiro atoms. The van der Waals surface area contributed by atoms with Crippen molar-refractivity contribution in [1.82, 2.24) is 9.97 Å². The predicted octanol–water partition coefficient (Wildman–Crippen LogP) is 2.03. The molecule has 2 heterocycles. The van der Waals surface area contributed by atoms with E-state index in [1.165, 1.54) is 11.3 Å². The van der Waals surface area contributed by atoms with Crippen LogP contribution in [-0.4, -0.2) is 15.9 Å². The fraction of sp³-hybridized carbons (Fsp3) is 0. The Morgan fingerprint density at radius 1 is 1.56 bits per heavy atom. The highest BCUT2D eigenvalue weighted by atomic mass is 35.5. The molecular formula is C9H7ClN4OS. The van der Waals surface area contributed by atoms with Gasteiger partial charge in [-0.3, -0.25) is 4.79 Å². The Morgan fingerprint density at radius 2 is 2.38 bits per heavy atom. The average molecular weight is 255 g/mol. The molecule has 5 nitrogen and oxygen atoms in total. The summed E-state index contributed by atoms with van der Waals surface area (Å²) in [5.74, 6) is -0.358. The molecule has 2 aromatic rings. The van der Waals surface area contributed by atoms with Crippen molar-refractivity contribution < 1.29 is 4.79 Å². The molecule has 0 bridgehead atoms. The molecule has 0 radical (unpaired) electrons. The van der Waals surface area contributed by atoms with Crippen LogP contribution in [-0.2, 0) is 0 Å². The summed E-state index contributed by atoms with van der Waals surface area (Å²) in [4.78, 5) is 19.4. The van der Waals surface area contributed by atoms with E-state index in [0.29, 0.717) is 10.8 Å². The van der Waals surface area contributed by atoms with E-state index in [1.807, 2.05) is 0 Å². The van der Waals surface area contributed by atoms with Crippen LogP contribution in [0.4, 0.5) is 10.8 Å². The van der Waals surface area contributed by atoms with Gasteiger partial charge in [0.2, 0.25) is 0 Å². The Bertz CT molecular complexity index is 528. The van der Waals surface area contributed by atoms with Crippen LogP contribution in [0.5, 0.6) is 0 Å². The first kappa shape index (κ1) is 10.8. The van der Waals surface area contributed by atoms with Crippen LogP contribution in [0.2, 0.25) is 5.15 Å². The van der Waals surface area contributed by atoms with Gasteiger partial charge < -0.3 is 11.1 Å². The van der Waals surface area contributed by atoms with E-state index in [-0.39, 0.29) is 16.8 Å². The summed E-state index contributed by atoms with van der Waals surface area (Å²) in [5, 5.41) is 4.76. The number of amides is 1. The zero-order valence-electron chi connectivity index (χ0n) is 7.98. The third-order valence-electron chi connectivity index (χ3n) is 1.76. The number of pyridine rings is 1. The topological polar surface area (TPSA) is 80.9 Å². The van der Waals surface area contributed by atoms with Crippen LogP contribution in [0.15, 0.2) is 23.7 Å². The van der Waals surface area contributed by atoms with E-state index in [9.17, 15) is 4.79 Å². The number of carbonyl (C=O) groups excluding carboxylic acids is 1. The Balaban J connectivity index is 2.17. The van der Waals surface area contributed by atoms with Crippen LogP contribution in [0, 0.1) is 0 Å². The molecule has 16 heavy (non-hydrogen) atoms. The molecule has 0 atom stereocenters. The summed E-state index contributed by atoms with van der Waals surface area (Å²) in [7, 11) is 0. The maximum atomic E-state index is 11.7. The Morgan fingerprint density at radius 3 is 3.00 bits per heavy atom. The normalized spacial score (nSPS) is 10.1. The highest BCUT2D eigenvalue weighted by Crippen LogP contribution is 2.19. The zero-order chi connectivity index (χ0) is 11.5. The number of nitrogen functional groups attached to an aromatic ring is 1. The summed E-state index contributed by atoms with van der Waals surface area (Å²) < 4.78 is 0. The predicted molar refractivity (Wildman–Crippen MR) is 63.7 cm³/mol. The highest BCUT2D eigenvalue weighted by Gasteiger charge is 2.11. The van der Waals surface area contributed by atoms with E-state index < -0.39 is 0 Å². The van der Waals surface area contributed by atoms with E-state index in [0.717, 1.165) is 0 Å². The molecule has 2 rings (SSSR count). The average Bonchev–Trinajstić information content (AvgIpc) is 2.68. The summed E-state index contributed by atoms with van der Waals surface area (Å²) in [6.45, 7) is 0. The molecule has 2 aromatic heterocycles. The maximum Gasteiger partial charge on any atom is 0.275 e. The first-order chi connectivity index (χ1) is 7.66. The second-order valence-corrected chi connectivity index (χ2v) is 4.11. The van der Waals surface area contributed by atoms with Crippen molar-refractivity contribution in [3.8, 4) is 0 Å². The molecule has 7 heteroatoms. The fourth-order valence-electron chi connectivity index (χ4n) is 1.06. The molecule has 0 aliphatic rings. The van der Waals surface area contributed by atoms with Gasteiger partial charge in [0, 0.05) is 11.6 Å². The van der Waals surface area contributed by atoms with Gasteiger partial charge in [-0.05, 0) is 12.1 Å². The van der Waals surface area contributed by atoms with Crippen LogP contribution >= 0.6 is 22.9 Å². The quantitative estimate of drug-likeness (QED) is 0.804. The molecule has 0 aliphatic heterocycles. The monoisotopic (exact) mass is 254 g/mol. The zero-order valence-corrected chi connectivity index (χ0v) is 9.55. The van der Waals surface area contributed by atoms with Gasteiger partial charge in [0.05, 0.1) is 5.69 Å². The third-order valence-corrected chi connectivity index (χ3v) is 2.74. The summed E-state index contributed by atoms with van der Waals surface area (Å²) in [5.41, 5.74) is 6.14. The fourth-order valence-corrected chi connectivity index (χ4v) is 1.77. The van der Waals surface area contributed by atoms with Gasteiger partial charge in [0.15, 0.2) is 10.3 Å². The highest BCUT2D eigenvalue weighted by molar-refractivity contribution is 7.13. The summed E-state index contributed by atoms with van der Waals surface area (Å²) in [6.07, 6.45) is 1.54. The second kappa shape index (κ2) is 4.46. The Labute approximate surface area is 100 Å². The van der Waals surface area contributed by atoms with Crippen LogP contribution in [0.1, 0.15) is 10.5 Å². The van der Waals surface area contributed by atoms with Crippen molar-refractivity contribution in [2.75, 3.05) is 11.1 Å². The van der Waals surface area contributed by atoms with Gasteiger partial charge in [-0.1, -0.05) is 11.6 Å². The van der Waals surface area contributed by atoms with Crippen molar-refractivity contribution in [2.45, 2.75) is 0 Å². The van der Waals surface area contributed by atoms with Crippen molar-refractivity contribution in [2.24, 2.45) is 0 Å². The summed E-state index contributed by atoms with van der Waals surface area (Å²) in [6, 6.07) is 3.33. The number of nitrogens with one attached hydrogen (secondary N) is 1. The molecule has 0 aromatic carbocycles. The van der Waals surface area contributed by atoms with Crippen molar-refractivity contribution in [3.05, 3.63) is 34.6 Å². The Kier molecular flexibility index (Phi) is 3.02. The lowest BCUT2D eigenvalue weighted by molar-refractivity contribution is 0.102. The SMILES string of the molecule is Nc1nc(C(=O)Nc2cccnc2Cl)cs1. The third kappa shape index (κ3) is 2.29. The molecule has 82 valence electrons. The van der Waals surface area contributed by atoms with E-state index in [1.54, 1.807) is 23.7 Å². The minimum absolute atomic E-state index is 0.235. The number of nitrogens with two attached hydrogens (primary N) is 1. The standard InChI is InChI=1S/C9H7ClN4OS/c10-7-5(2-1-3-12-7)13-8(15)6-4-16-9(11)14-6/h1-4H,(H2,11,14)(H,13,15). The van der Waals surface area contributed by atoms with Gasteiger partial charge in [-0.15, -0.1) is 11.3 Å². The second-order valence-electron chi connectivity index (χ2n) is 2.87. The van der Waals surface area contributed by atoms with E-state index >= 15 is 0 Å². The lowest BCUT2D eigenvalue weighted by Gasteiger charge is -2.03. The van der Waals surface area contributed by atoms with Gasteiger partial charge in [0.1, 0.15) is 5.69 Å². The molecule has 3 N–H and O–H groups in total. The minimum atomic E-state index is -0.358. The summed E-state index contributed by atoms with van der Waals surface area (Å²) >= 11 is 7.00. The number of aromatic nitrogens is 2. The number of carbonyl (C=O) groups is 1. The largest absolute Gasteiger partial charge is 0.375 e. The molecule has 0 unspecified atom stereocenters. The molecule has 0 aliphatic carbocycles. The van der Waals surface area contributed by atoms with E-state index in [2.05, 4.69) is 15.3 Å². The van der Waals surface area contributed by atoms with Crippen LogP contribution < -0.4 is 11.1 Å². The number of nitrogens with zero attached hydrogens (tertiary/aromatic N) is 2. The van der Waals surface area contributed by atoms with Crippen molar-refractivity contribution in [3.63, 3.8) is 0 Å². The van der Waals surface area contributed by atoms with Crippen molar-refractivity contribution >= 4 is 39.7 Å². The van der Waals surface area contributed by atoms with Gasteiger partial charge in [-0.25, -0.2) is 9.97 Å². The Hall–Kier alpha value is -1.66. The number of hydrogen-bond acceptors (Lipinski definition) is 5. The first-order valence-corrected chi connectivity index (χ1v) is 5.55. The number of halogens is 1. The first-order valence-electron chi connectivity index (χ1n) is 4.29. The van der Waals surface area contributed by atoms with E-state index in [4.69, 9.17) is 17.3 Å². The molecule has 0 saturated heterocycles. The van der Waals surface area contributed by atoms with Gasteiger partial charge in [-0.2, -0.15) is 0 Å². The number of hydrogen-bond donors (Lipinski definition) is 2. The molecule has 0 fully saturated rings. The smallest absolute Gasteiger partial charge is 0.275 e. The molecular weight excluding hydrogens is 248 g/mol. The molecule has 0 saturated carbocycles.